The van der Waals surface area contributed by atoms with Gasteiger partial charge in [-0.25, -0.2) is 4.39 Å². The number of carbonyl (C=O) groups is 1. The van der Waals surface area contributed by atoms with E-state index in [0.717, 1.165) is 23.3 Å². The van der Waals surface area contributed by atoms with Crippen LogP contribution in [-0.4, -0.2) is 19.1 Å². The summed E-state index contributed by atoms with van der Waals surface area (Å²) >= 11 is 0. The molecule has 1 aliphatic heterocycles. The number of anilines is 1. The summed E-state index contributed by atoms with van der Waals surface area (Å²) in [5.74, 6) is -0.858. The number of hydrogen-bond donors (Lipinski definition) is 0. The minimum atomic E-state index is -4.50. The van der Waals surface area contributed by atoms with Gasteiger partial charge in [-0.15, -0.1) is 0 Å². The highest BCUT2D eigenvalue weighted by atomic mass is 19.4. The molecule has 3 nitrogen and oxygen atoms in total. The summed E-state index contributed by atoms with van der Waals surface area (Å²) in [7, 11) is 0. The van der Waals surface area contributed by atoms with Gasteiger partial charge in [0, 0.05) is 0 Å². The Morgan fingerprint density at radius 3 is 2.73 bits per heavy atom. The maximum Gasteiger partial charge on any atom is 0.416 e. The normalized spacial score (nSPS) is 18.9. The van der Waals surface area contributed by atoms with Crippen LogP contribution >= 0.6 is 0 Å². The Morgan fingerprint density at radius 1 is 1.15 bits per heavy atom. The molecule has 0 aromatic heterocycles. The number of amides is 1. The SMILES string of the molecule is O=C(C1CCc2cc(F)ccc21)N1CCOc2ccc(C(F)(F)F)cc21. The predicted molar refractivity (Wildman–Crippen MR) is 86.8 cm³/mol. The van der Waals surface area contributed by atoms with Gasteiger partial charge in [-0.05, 0) is 54.3 Å². The third kappa shape index (κ3) is 2.81. The Morgan fingerprint density at radius 2 is 1.96 bits per heavy atom. The molecule has 4 rings (SSSR count). The van der Waals surface area contributed by atoms with Gasteiger partial charge in [-0.2, -0.15) is 13.2 Å². The van der Waals surface area contributed by atoms with Crippen LogP contribution in [0.5, 0.6) is 5.75 Å². The second-order valence-electron chi connectivity index (χ2n) is 6.45. The number of rotatable bonds is 1. The van der Waals surface area contributed by atoms with Crippen LogP contribution in [0.1, 0.15) is 29.0 Å². The zero-order chi connectivity index (χ0) is 18.5. The zero-order valence-corrected chi connectivity index (χ0v) is 13.6. The molecule has 0 radical (unpaired) electrons. The second kappa shape index (κ2) is 6.00. The lowest BCUT2D eigenvalue weighted by Gasteiger charge is -2.32. The Balaban J connectivity index is 1.69. The molecule has 2 aromatic rings. The van der Waals surface area contributed by atoms with Gasteiger partial charge in [0.05, 0.1) is 23.7 Å². The number of benzene rings is 2. The second-order valence-corrected chi connectivity index (χ2v) is 6.45. The fourth-order valence-electron chi connectivity index (χ4n) is 3.65. The molecular weight excluding hydrogens is 350 g/mol. The summed E-state index contributed by atoms with van der Waals surface area (Å²) in [5, 5.41) is 0. The zero-order valence-electron chi connectivity index (χ0n) is 13.6. The summed E-state index contributed by atoms with van der Waals surface area (Å²) in [6.45, 7) is 0.396. The van der Waals surface area contributed by atoms with Crippen molar-refractivity contribution >= 4 is 11.6 Å². The van der Waals surface area contributed by atoms with Crippen molar-refractivity contribution in [3.8, 4) is 5.75 Å². The number of alkyl halides is 3. The van der Waals surface area contributed by atoms with E-state index >= 15 is 0 Å². The van der Waals surface area contributed by atoms with E-state index < -0.39 is 17.7 Å². The number of halogens is 4. The molecule has 1 heterocycles. The first-order valence-electron chi connectivity index (χ1n) is 8.28. The first-order chi connectivity index (χ1) is 12.3. The highest BCUT2D eigenvalue weighted by Gasteiger charge is 2.37. The van der Waals surface area contributed by atoms with Crippen LogP contribution in [0.4, 0.5) is 23.2 Å². The van der Waals surface area contributed by atoms with Crippen LogP contribution in [0.25, 0.3) is 0 Å². The first kappa shape index (κ1) is 16.9. The van der Waals surface area contributed by atoms with Gasteiger partial charge < -0.3 is 9.64 Å². The molecule has 0 saturated heterocycles. The fourth-order valence-corrected chi connectivity index (χ4v) is 3.65. The number of ether oxygens (including phenoxy) is 1. The van der Waals surface area contributed by atoms with E-state index in [1.165, 1.54) is 23.1 Å². The lowest BCUT2D eigenvalue weighted by atomic mass is 9.99. The van der Waals surface area contributed by atoms with Crippen LogP contribution < -0.4 is 9.64 Å². The average molecular weight is 365 g/mol. The largest absolute Gasteiger partial charge is 0.490 e. The standard InChI is InChI=1S/C19H15F4NO2/c20-13-3-5-14-11(9-13)1-4-15(14)18(25)24-7-8-26-17-6-2-12(10-16(17)24)19(21,22)23/h2-3,5-6,9-10,15H,1,4,7-8H2. The van der Waals surface area contributed by atoms with Crippen molar-refractivity contribution in [2.75, 3.05) is 18.1 Å². The van der Waals surface area contributed by atoms with Gasteiger partial charge in [0.25, 0.3) is 0 Å². The van der Waals surface area contributed by atoms with E-state index in [-0.39, 0.29) is 36.3 Å². The van der Waals surface area contributed by atoms with Crippen molar-refractivity contribution in [2.24, 2.45) is 0 Å². The van der Waals surface area contributed by atoms with E-state index in [4.69, 9.17) is 4.74 Å². The van der Waals surface area contributed by atoms with Crippen molar-refractivity contribution in [2.45, 2.75) is 24.9 Å². The number of carbonyl (C=O) groups excluding carboxylic acids is 1. The molecule has 0 spiro atoms. The molecule has 0 N–H and O–H groups in total. The van der Waals surface area contributed by atoms with Gasteiger partial charge in [-0.3, -0.25) is 4.79 Å². The maximum absolute atomic E-state index is 13.4. The Hall–Kier alpha value is -2.57. The van der Waals surface area contributed by atoms with Crippen molar-refractivity contribution < 1.29 is 27.1 Å². The van der Waals surface area contributed by atoms with Crippen molar-refractivity contribution in [1.29, 1.82) is 0 Å². The van der Waals surface area contributed by atoms with Crippen LogP contribution in [-0.2, 0) is 17.4 Å². The highest BCUT2D eigenvalue weighted by molar-refractivity contribution is 6.00. The van der Waals surface area contributed by atoms with Crippen LogP contribution in [0.3, 0.4) is 0 Å². The summed E-state index contributed by atoms with van der Waals surface area (Å²) in [4.78, 5) is 14.4. The average Bonchev–Trinajstić information content (AvgIpc) is 3.02. The number of nitrogens with zero attached hydrogens (tertiary/aromatic N) is 1. The van der Waals surface area contributed by atoms with Crippen LogP contribution in [0.15, 0.2) is 36.4 Å². The summed E-state index contributed by atoms with van der Waals surface area (Å²) in [5.41, 5.74) is 0.831. The molecule has 0 fully saturated rings. The minimum absolute atomic E-state index is 0.131. The quantitative estimate of drug-likeness (QED) is 0.706. The number of fused-ring (bicyclic) bond motifs is 2. The minimum Gasteiger partial charge on any atom is -0.490 e. The van der Waals surface area contributed by atoms with Gasteiger partial charge in [0.1, 0.15) is 18.2 Å². The lowest BCUT2D eigenvalue weighted by Crippen LogP contribution is -2.40. The molecule has 1 aliphatic carbocycles. The molecule has 26 heavy (non-hydrogen) atoms. The van der Waals surface area contributed by atoms with Crippen molar-refractivity contribution in [1.82, 2.24) is 0 Å². The Labute approximate surface area is 147 Å². The van der Waals surface area contributed by atoms with E-state index in [0.29, 0.717) is 12.8 Å². The Kier molecular flexibility index (Phi) is 3.89. The third-order valence-electron chi connectivity index (χ3n) is 4.90. The molecule has 136 valence electrons. The summed E-state index contributed by atoms with van der Waals surface area (Å²) < 4.78 is 57.9. The van der Waals surface area contributed by atoms with Crippen molar-refractivity contribution in [3.63, 3.8) is 0 Å². The topological polar surface area (TPSA) is 29.5 Å². The van der Waals surface area contributed by atoms with Crippen LogP contribution in [0, 0.1) is 5.82 Å². The number of hydrogen-bond acceptors (Lipinski definition) is 2. The lowest BCUT2D eigenvalue weighted by molar-refractivity contribution is -0.137. The molecule has 1 atom stereocenters. The van der Waals surface area contributed by atoms with Crippen LogP contribution in [0.2, 0.25) is 0 Å². The molecule has 2 aliphatic rings. The van der Waals surface area contributed by atoms with Gasteiger partial charge in [-0.1, -0.05) is 6.07 Å². The smallest absolute Gasteiger partial charge is 0.416 e. The van der Waals surface area contributed by atoms with Gasteiger partial charge in [0.2, 0.25) is 5.91 Å². The summed E-state index contributed by atoms with van der Waals surface area (Å²) in [6.07, 6.45) is -3.41. The van der Waals surface area contributed by atoms with E-state index in [2.05, 4.69) is 0 Å². The fraction of sp³-hybridized carbons (Fsp3) is 0.316. The van der Waals surface area contributed by atoms with E-state index in [1.54, 1.807) is 6.07 Å². The van der Waals surface area contributed by atoms with Crippen molar-refractivity contribution in [3.05, 3.63) is 58.9 Å². The number of aryl methyl sites for hydroxylation is 1. The third-order valence-corrected chi connectivity index (χ3v) is 4.90. The maximum atomic E-state index is 13.4. The van der Waals surface area contributed by atoms with Gasteiger partial charge >= 0.3 is 6.18 Å². The Bertz CT molecular complexity index is 878. The monoisotopic (exact) mass is 365 g/mol. The van der Waals surface area contributed by atoms with Gasteiger partial charge in [0.15, 0.2) is 0 Å². The van der Waals surface area contributed by atoms with E-state index in [1.807, 2.05) is 0 Å². The molecule has 7 heteroatoms. The first-order valence-corrected chi connectivity index (χ1v) is 8.28. The molecule has 1 unspecified atom stereocenters. The van der Waals surface area contributed by atoms with E-state index in [9.17, 15) is 22.4 Å². The molecular formula is C19H15F4NO2. The molecule has 0 bridgehead atoms. The summed E-state index contributed by atoms with van der Waals surface area (Å²) in [6, 6.07) is 7.45. The highest BCUT2D eigenvalue weighted by Crippen LogP contribution is 2.41. The molecule has 2 aromatic carbocycles. The molecule has 1 amide bonds. The predicted octanol–water partition coefficient (Wildman–Crippen LogP) is 4.30. The molecule has 0 saturated carbocycles.